The van der Waals surface area contributed by atoms with Gasteiger partial charge in [-0.2, -0.15) is 4.98 Å². The molecule has 0 aliphatic rings. The molecule has 0 radical (unpaired) electrons. The van der Waals surface area contributed by atoms with Crippen LogP contribution >= 0.6 is 0 Å². The van der Waals surface area contributed by atoms with Gasteiger partial charge in [-0.25, -0.2) is 4.79 Å². The first-order chi connectivity index (χ1) is 15.6. The fourth-order valence-corrected chi connectivity index (χ4v) is 3.49. The largest absolute Gasteiger partial charge is 0.497 e. The number of methoxy groups -OCH3 is 1. The quantitative estimate of drug-likeness (QED) is 0.462. The smallest absolute Gasteiger partial charge is 0.329 e. The van der Waals surface area contributed by atoms with E-state index in [1.807, 2.05) is 42.5 Å². The van der Waals surface area contributed by atoms with Crippen molar-refractivity contribution in [3.63, 3.8) is 0 Å². The van der Waals surface area contributed by atoms with Crippen molar-refractivity contribution in [1.82, 2.24) is 19.7 Å². The minimum absolute atomic E-state index is 0.153. The van der Waals surface area contributed by atoms with Crippen molar-refractivity contribution in [3.05, 3.63) is 99.2 Å². The first-order valence-electron chi connectivity index (χ1n) is 9.92. The monoisotopic (exact) mass is 426 g/mol. The number of ether oxygens (including phenoxy) is 1. The number of fused-ring (bicyclic) bond motifs is 1. The summed E-state index contributed by atoms with van der Waals surface area (Å²) in [5.41, 5.74) is 1.79. The molecule has 2 heterocycles. The number of aromatic amines is 1. The zero-order valence-electron chi connectivity index (χ0n) is 17.1. The van der Waals surface area contributed by atoms with Gasteiger partial charge < -0.3 is 14.2 Å². The van der Waals surface area contributed by atoms with Crippen LogP contribution in [0.1, 0.15) is 5.56 Å². The molecule has 0 atom stereocenters. The third-order valence-electron chi connectivity index (χ3n) is 5.19. The predicted molar refractivity (Wildman–Crippen MR) is 120 cm³/mol. The van der Waals surface area contributed by atoms with Crippen LogP contribution in [-0.4, -0.2) is 26.8 Å². The second kappa shape index (κ2) is 7.99. The Balaban J connectivity index is 1.50. The molecule has 0 aliphatic carbocycles. The number of nitrogens with zero attached hydrogens (tertiary/aromatic N) is 3. The number of nitrogens with one attached hydrogen (secondary N) is 1. The van der Waals surface area contributed by atoms with E-state index >= 15 is 0 Å². The van der Waals surface area contributed by atoms with E-state index in [0.29, 0.717) is 33.9 Å². The summed E-state index contributed by atoms with van der Waals surface area (Å²) in [6.07, 6.45) is 0. The van der Waals surface area contributed by atoms with Crippen molar-refractivity contribution < 1.29 is 9.26 Å². The highest BCUT2D eigenvalue weighted by Gasteiger charge is 2.14. The number of rotatable bonds is 5. The molecule has 0 unspecified atom stereocenters. The van der Waals surface area contributed by atoms with Crippen molar-refractivity contribution in [2.24, 2.45) is 0 Å². The Morgan fingerprint density at radius 2 is 1.75 bits per heavy atom. The third-order valence-corrected chi connectivity index (χ3v) is 5.19. The summed E-state index contributed by atoms with van der Waals surface area (Å²) in [5.74, 6) is 1.47. The first-order valence-corrected chi connectivity index (χ1v) is 9.92. The highest BCUT2D eigenvalue weighted by atomic mass is 16.5. The Hall–Kier alpha value is -4.46. The van der Waals surface area contributed by atoms with Gasteiger partial charge in [0.25, 0.3) is 11.4 Å². The average molecular weight is 426 g/mol. The second-order valence-corrected chi connectivity index (χ2v) is 7.22. The number of benzene rings is 3. The lowest BCUT2D eigenvalue weighted by Gasteiger charge is -2.08. The molecular weight excluding hydrogens is 408 g/mol. The predicted octanol–water partition coefficient (Wildman–Crippen LogP) is 3.46. The molecular formula is C24H18N4O4. The Morgan fingerprint density at radius 1 is 0.969 bits per heavy atom. The molecule has 0 saturated heterocycles. The van der Waals surface area contributed by atoms with Gasteiger partial charge in [0.05, 0.1) is 24.6 Å². The molecule has 0 fully saturated rings. The zero-order chi connectivity index (χ0) is 22.1. The maximum absolute atomic E-state index is 13.0. The molecule has 5 aromatic rings. The second-order valence-electron chi connectivity index (χ2n) is 7.22. The van der Waals surface area contributed by atoms with Crippen LogP contribution in [0.25, 0.3) is 33.7 Å². The van der Waals surface area contributed by atoms with Crippen molar-refractivity contribution >= 4 is 10.9 Å². The SMILES string of the molecule is COc1ccc(Cn2c(=O)[nH]c3cc(-c4nc(-c5ccccc5)no4)ccc3c2=O)cc1. The van der Waals surface area contributed by atoms with Crippen molar-refractivity contribution in [3.8, 4) is 28.6 Å². The Labute approximate surface area is 181 Å². The van der Waals surface area contributed by atoms with Gasteiger partial charge in [0.1, 0.15) is 5.75 Å². The van der Waals surface area contributed by atoms with Gasteiger partial charge in [0.15, 0.2) is 0 Å². The lowest BCUT2D eigenvalue weighted by atomic mass is 10.1. The molecule has 0 spiro atoms. The number of hydrogen-bond acceptors (Lipinski definition) is 6. The summed E-state index contributed by atoms with van der Waals surface area (Å²) in [5, 5.41) is 4.41. The van der Waals surface area contributed by atoms with Crippen molar-refractivity contribution in [1.29, 1.82) is 0 Å². The summed E-state index contributed by atoms with van der Waals surface area (Å²) in [6.45, 7) is 0.153. The molecule has 0 aliphatic heterocycles. The maximum atomic E-state index is 13.0. The Bertz CT molecular complexity index is 1520. The molecule has 8 heteroatoms. The van der Waals surface area contributed by atoms with Crippen LogP contribution in [0.2, 0.25) is 0 Å². The van der Waals surface area contributed by atoms with E-state index in [1.165, 1.54) is 4.57 Å². The van der Waals surface area contributed by atoms with Crippen molar-refractivity contribution in [2.75, 3.05) is 7.11 Å². The van der Waals surface area contributed by atoms with Crippen LogP contribution < -0.4 is 16.0 Å². The molecule has 158 valence electrons. The molecule has 2 aromatic heterocycles. The van der Waals surface area contributed by atoms with Crippen LogP contribution in [-0.2, 0) is 6.54 Å². The molecule has 8 nitrogen and oxygen atoms in total. The number of aromatic nitrogens is 4. The molecule has 32 heavy (non-hydrogen) atoms. The fourth-order valence-electron chi connectivity index (χ4n) is 3.49. The summed E-state index contributed by atoms with van der Waals surface area (Å²) >= 11 is 0. The molecule has 1 N–H and O–H groups in total. The van der Waals surface area contributed by atoms with Gasteiger partial charge in [0.2, 0.25) is 5.82 Å². The van der Waals surface area contributed by atoms with E-state index in [9.17, 15) is 9.59 Å². The van der Waals surface area contributed by atoms with Crippen LogP contribution in [0.4, 0.5) is 0 Å². The highest BCUT2D eigenvalue weighted by molar-refractivity contribution is 5.82. The summed E-state index contributed by atoms with van der Waals surface area (Å²) in [7, 11) is 1.58. The minimum Gasteiger partial charge on any atom is -0.497 e. The summed E-state index contributed by atoms with van der Waals surface area (Å²) in [6, 6.07) is 21.7. The lowest BCUT2D eigenvalue weighted by molar-refractivity contribution is 0.414. The molecule has 5 rings (SSSR count). The van der Waals surface area contributed by atoms with E-state index in [0.717, 1.165) is 11.1 Å². The van der Waals surface area contributed by atoms with E-state index in [4.69, 9.17) is 9.26 Å². The van der Waals surface area contributed by atoms with E-state index in [1.54, 1.807) is 37.4 Å². The van der Waals surface area contributed by atoms with Gasteiger partial charge in [-0.05, 0) is 35.9 Å². The average Bonchev–Trinajstić information content (AvgIpc) is 3.33. The van der Waals surface area contributed by atoms with Gasteiger partial charge in [-0.15, -0.1) is 0 Å². The van der Waals surface area contributed by atoms with E-state index in [-0.39, 0.29) is 12.1 Å². The highest BCUT2D eigenvalue weighted by Crippen LogP contribution is 2.23. The third kappa shape index (κ3) is 3.58. The Kier molecular flexibility index (Phi) is 4.87. The van der Waals surface area contributed by atoms with Crippen LogP contribution in [0.3, 0.4) is 0 Å². The molecule has 3 aromatic carbocycles. The first kappa shape index (κ1) is 19.5. The van der Waals surface area contributed by atoms with Gasteiger partial charge in [-0.3, -0.25) is 9.36 Å². The summed E-state index contributed by atoms with van der Waals surface area (Å²) in [4.78, 5) is 32.8. The van der Waals surface area contributed by atoms with Gasteiger partial charge in [-0.1, -0.05) is 47.6 Å². The normalized spacial score (nSPS) is 11.0. The minimum atomic E-state index is -0.494. The molecule has 0 saturated carbocycles. The lowest BCUT2D eigenvalue weighted by Crippen LogP contribution is -2.35. The van der Waals surface area contributed by atoms with Crippen molar-refractivity contribution in [2.45, 2.75) is 6.54 Å². The van der Waals surface area contributed by atoms with Gasteiger partial charge >= 0.3 is 5.69 Å². The Morgan fingerprint density at radius 3 is 2.50 bits per heavy atom. The van der Waals surface area contributed by atoms with E-state index < -0.39 is 5.69 Å². The fraction of sp³-hybridized carbons (Fsp3) is 0.0833. The molecule has 0 bridgehead atoms. The topological polar surface area (TPSA) is 103 Å². The maximum Gasteiger partial charge on any atom is 0.329 e. The number of H-pyrrole nitrogens is 1. The zero-order valence-corrected chi connectivity index (χ0v) is 17.1. The summed E-state index contributed by atoms with van der Waals surface area (Å²) < 4.78 is 11.7. The van der Waals surface area contributed by atoms with E-state index in [2.05, 4.69) is 15.1 Å². The number of hydrogen-bond donors (Lipinski definition) is 1. The van der Waals surface area contributed by atoms with Gasteiger partial charge in [0, 0.05) is 11.1 Å². The molecule has 0 amide bonds. The standard InChI is InChI=1S/C24H18N4O4/c1-31-18-10-7-15(8-11-18)14-28-23(29)19-12-9-17(13-20(19)25-24(28)30)22-26-21(27-32-22)16-5-3-2-4-6-16/h2-13H,14H2,1H3,(H,25,30). The van der Waals surface area contributed by atoms with Crippen LogP contribution in [0, 0.1) is 0 Å². The van der Waals surface area contributed by atoms with Crippen LogP contribution in [0.15, 0.2) is 86.9 Å². The van der Waals surface area contributed by atoms with Crippen LogP contribution in [0.5, 0.6) is 5.75 Å².